The summed E-state index contributed by atoms with van der Waals surface area (Å²) in [4.78, 5) is 35.6. The molecule has 7 nitrogen and oxygen atoms in total. The van der Waals surface area contributed by atoms with Gasteiger partial charge in [0.05, 0.1) is 25.3 Å². The summed E-state index contributed by atoms with van der Waals surface area (Å²) >= 11 is 5.11. The van der Waals surface area contributed by atoms with E-state index in [1.165, 1.54) is 38.5 Å². The highest BCUT2D eigenvalue weighted by Crippen LogP contribution is 2.17. The van der Waals surface area contributed by atoms with Gasteiger partial charge in [-0.2, -0.15) is 0 Å². The first-order valence-electron chi connectivity index (χ1n) is 8.09. The second-order valence-corrected chi connectivity index (χ2v) is 5.88. The van der Waals surface area contributed by atoms with Gasteiger partial charge >= 0.3 is 11.9 Å². The maximum absolute atomic E-state index is 12.0. The number of carbonyl (C=O) groups excluding carboxylic acids is 3. The van der Waals surface area contributed by atoms with Crippen molar-refractivity contribution < 1.29 is 23.9 Å². The number of thiocarbonyl (C=S) groups is 1. The second kappa shape index (κ2) is 9.98. The third kappa shape index (κ3) is 6.03. The van der Waals surface area contributed by atoms with Crippen molar-refractivity contribution >= 4 is 46.9 Å². The normalized spacial score (nSPS) is 10.2. The van der Waals surface area contributed by atoms with Gasteiger partial charge in [0.15, 0.2) is 5.11 Å². The minimum absolute atomic E-state index is 0.000503. The molecule has 0 aromatic heterocycles. The molecule has 2 aromatic carbocycles. The molecule has 2 aromatic rings. The van der Waals surface area contributed by atoms with Gasteiger partial charge in [-0.15, -0.1) is 0 Å². The minimum Gasteiger partial charge on any atom is -0.465 e. The van der Waals surface area contributed by atoms with Crippen LogP contribution in [0.3, 0.4) is 0 Å². The third-order valence-electron chi connectivity index (χ3n) is 3.50. The molecule has 0 bridgehead atoms. The van der Waals surface area contributed by atoms with Gasteiger partial charge in [0.2, 0.25) is 5.91 Å². The van der Waals surface area contributed by atoms with Crippen LogP contribution in [0.4, 0.5) is 5.69 Å². The lowest BCUT2D eigenvalue weighted by molar-refractivity contribution is -0.115. The van der Waals surface area contributed by atoms with Crippen molar-refractivity contribution in [2.45, 2.75) is 0 Å². The van der Waals surface area contributed by atoms with Gasteiger partial charge in [0.1, 0.15) is 0 Å². The van der Waals surface area contributed by atoms with Gasteiger partial charge in [0.25, 0.3) is 0 Å². The number of benzene rings is 2. The molecule has 1 amide bonds. The van der Waals surface area contributed by atoms with Gasteiger partial charge in [-0.1, -0.05) is 30.3 Å². The Bertz CT molecular complexity index is 891. The number of rotatable bonds is 5. The maximum atomic E-state index is 12.0. The molecule has 0 aliphatic rings. The highest BCUT2D eigenvalue weighted by Gasteiger charge is 2.14. The van der Waals surface area contributed by atoms with Crippen LogP contribution in [0.2, 0.25) is 0 Å². The summed E-state index contributed by atoms with van der Waals surface area (Å²) in [6, 6.07) is 13.5. The fourth-order valence-corrected chi connectivity index (χ4v) is 2.44. The smallest absolute Gasteiger partial charge is 0.337 e. The zero-order valence-corrected chi connectivity index (χ0v) is 16.0. The van der Waals surface area contributed by atoms with E-state index in [4.69, 9.17) is 12.2 Å². The van der Waals surface area contributed by atoms with E-state index in [1.54, 1.807) is 6.08 Å². The van der Waals surface area contributed by atoms with Crippen molar-refractivity contribution in [1.82, 2.24) is 5.32 Å². The lowest BCUT2D eigenvalue weighted by Gasteiger charge is -2.11. The summed E-state index contributed by atoms with van der Waals surface area (Å²) in [5, 5.41) is 5.25. The Labute approximate surface area is 167 Å². The average molecular weight is 398 g/mol. The predicted octanol–water partition coefficient (Wildman–Crippen LogP) is 2.79. The van der Waals surface area contributed by atoms with E-state index in [0.29, 0.717) is 5.69 Å². The van der Waals surface area contributed by atoms with E-state index < -0.39 is 17.8 Å². The monoisotopic (exact) mass is 398 g/mol. The number of hydrogen-bond donors (Lipinski definition) is 2. The van der Waals surface area contributed by atoms with Crippen LogP contribution in [0.5, 0.6) is 0 Å². The van der Waals surface area contributed by atoms with Gasteiger partial charge < -0.3 is 14.8 Å². The van der Waals surface area contributed by atoms with Crippen molar-refractivity contribution in [3.63, 3.8) is 0 Å². The zero-order chi connectivity index (χ0) is 20.5. The van der Waals surface area contributed by atoms with Crippen molar-refractivity contribution in [3.05, 3.63) is 71.3 Å². The Balaban J connectivity index is 2.09. The molecule has 0 spiro atoms. The van der Waals surface area contributed by atoms with Crippen molar-refractivity contribution in [2.24, 2.45) is 0 Å². The fraction of sp³-hybridized carbons (Fsp3) is 0.100. The van der Waals surface area contributed by atoms with E-state index in [-0.39, 0.29) is 16.2 Å². The molecule has 0 aliphatic carbocycles. The summed E-state index contributed by atoms with van der Waals surface area (Å²) in [6.45, 7) is 0. The summed E-state index contributed by atoms with van der Waals surface area (Å²) in [7, 11) is 2.45. The number of carbonyl (C=O) groups is 3. The number of nitrogens with one attached hydrogen (secondary N) is 2. The molecule has 0 fully saturated rings. The minimum atomic E-state index is -0.630. The lowest BCUT2D eigenvalue weighted by atomic mass is 10.1. The first-order chi connectivity index (χ1) is 13.4. The summed E-state index contributed by atoms with van der Waals surface area (Å²) in [5.41, 5.74) is 1.45. The molecule has 144 valence electrons. The van der Waals surface area contributed by atoms with Crippen molar-refractivity contribution in [2.75, 3.05) is 19.5 Å². The van der Waals surface area contributed by atoms with E-state index in [1.807, 2.05) is 30.3 Å². The molecule has 2 N–H and O–H groups in total. The molecule has 0 radical (unpaired) electrons. The number of amides is 1. The number of esters is 2. The van der Waals surface area contributed by atoms with Crippen molar-refractivity contribution in [3.8, 4) is 0 Å². The molecule has 0 saturated heterocycles. The number of anilines is 1. The van der Waals surface area contributed by atoms with Crippen LogP contribution in [0.15, 0.2) is 54.6 Å². The molecule has 8 heteroatoms. The van der Waals surface area contributed by atoms with Gasteiger partial charge in [-0.05, 0) is 42.1 Å². The predicted molar refractivity (Wildman–Crippen MR) is 109 cm³/mol. The van der Waals surface area contributed by atoms with Crippen LogP contribution in [-0.4, -0.2) is 37.2 Å². The van der Waals surface area contributed by atoms with Gasteiger partial charge in [-0.25, -0.2) is 9.59 Å². The Hall–Kier alpha value is -3.52. The number of methoxy groups -OCH3 is 2. The quantitative estimate of drug-likeness (QED) is 0.454. The van der Waals surface area contributed by atoms with E-state index in [9.17, 15) is 14.4 Å². The molecule has 0 atom stereocenters. The van der Waals surface area contributed by atoms with Crippen LogP contribution in [0.1, 0.15) is 26.3 Å². The Morgan fingerprint density at radius 2 is 1.50 bits per heavy atom. The fourth-order valence-electron chi connectivity index (χ4n) is 2.22. The average Bonchev–Trinajstić information content (AvgIpc) is 2.71. The molecule has 0 unspecified atom stereocenters. The summed E-state index contributed by atoms with van der Waals surface area (Å²) in [6.07, 6.45) is 2.99. The molecule has 28 heavy (non-hydrogen) atoms. The van der Waals surface area contributed by atoms with Crippen LogP contribution < -0.4 is 10.6 Å². The molecular formula is C20H18N2O5S. The first-order valence-corrected chi connectivity index (χ1v) is 8.50. The van der Waals surface area contributed by atoms with E-state index >= 15 is 0 Å². The Morgan fingerprint density at radius 1 is 0.929 bits per heavy atom. The molecule has 0 saturated carbocycles. The number of hydrogen-bond acceptors (Lipinski definition) is 6. The largest absolute Gasteiger partial charge is 0.465 e. The third-order valence-corrected chi connectivity index (χ3v) is 3.70. The first kappa shape index (κ1) is 20.8. The molecule has 2 rings (SSSR count). The topological polar surface area (TPSA) is 93.7 Å². The van der Waals surface area contributed by atoms with Crippen LogP contribution in [-0.2, 0) is 14.3 Å². The molecule has 0 heterocycles. The lowest BCUT2D eigenvalue weighted by Crippen LogP contribution is -2.33. The van der Waals surface area contributed by atoms with Crippen LogP contribution in [0.25, 0.3) is 6.08 Å². The molecule has 0 aliphatic heterocycles. The van der Waals surface area contributed by atoms with Crippen LogP contribution >= 0.6 is 12.2 Å². The van der Waals surface area contributed by atoms with Gasteiger partial charge in [-0.3, -0.25) is 10.1 Å². The van der Waals surface area contributed by atoms with E-state index in [0.717, 1.165) is 5.56 Å². The van der Waals surface area contributed by atoms with Gasteiger partial charge in [0, 0.05) is 11.8 Å². The summed E-state index contributed by atoms with van der Waals surface area (Å²) in [5.74, 6) is -1.69. The van der Waals surface area contributed by atoms with Crippen LogP contribution in [0, 0.1) is 0 Å². The zero-order valence-electron chi connectivity index (χ0n) is 15.2. The Kier molecular flexibility index (Phi) is 7.41. The second-order valence-electron chi connectivity index (χ2n) is 5.47. The molecular weight excluding hydrogens is 380 g/mol. The standard InChI is InChI=1S/C20H18N2O5S/c1-26-18(24)14-10-15(19(25)27-2)12-16(11-14)21-20(28)22-17(23)9-8-13-6-4-3-5-7-13/h3-12H,1-2H3,(H2,21,22,23,28)/b9-8+. The highest BCUT2D eigenvalue weighted by atomic mass is 32.1. The maximum Gasteiger partial charge on any atom is 0.337 e. The number of ether oxygens (including phenoxy) is 2. The SMILES string of the molecule is COC(=O)c1cc(NC(=S)NC(=O)/C=C/c2ccccc2)cc(C(=O)OC)c1. The summed E-state index contributed by atoms with van der Waals surface area (Å²) < 4.78 is 9.35. The van der Waals surface area contributed by atoms with Crippen molar-refractivity contribution in [1.29, 1.82) is 0 Å². The van der Waals surface area contributed by atoms with E-state index in [2.05, 4.69) is 20.1 Å². The highest BCUT2D eigenvalue weighted by molar-refractivity contribution is 7.80. The Morgan fingerprint density at radius 3 is 2.04 bits per heavy atom.